The molecule has 2 heterocycles. The Morgan fingerprint density at radius 2 is 1.86 bits per heavy atom. The number of carbonyl (C=O) groups is 2. The van der Waals surface area contributed by atoms with E-state index in [-0.39, 0.29) is 29.7 Å². The molecule has 0 aliphatic carbocycles. The Kier molecular flexibility index (Phi) is 6.24. The van der Waals surface area contributed by atoms with Gasteiger partial charge in [-0.2, -0.15) is 0 Å². The number of hydrogen-bond donors (Lipinski definition) is 3. The van der Waals surface area contributed by atoms with Gasteiger partial charge in [0.05, 0.1) is 17.4 Å². The molecule has 2 amide bonds. The molecular formula is C21H23N5O2S. The normalized spacial score (nSPS) is 20.9. The van der Waals surface area contributed by atoms with Gasteiger partial charge in [0.2, 0.25) is 11.8 Å². The van der Waals surface area contributed by atoms with E-state index in [1.54, 1.807) is 4.90 Å². The molecule has 150 valence electrons. The summed E-state index contributed by atoms with van der Waals surface area (Å²) in [4.78, 5) is 31.7. The van der Waals surface area contributed by atoms with E-state index in [4.69, 9.17) is 0 Å². The molecule has 2 atom stereocenters. The van der Waals surface area contributed by atoms with Gasteiger partial charge in [-0.3, -0.25) is 19.9 Å². The zero-order valence-electron chi connectivity index (χ0n) is 15.9. The van der Waals surface area contributed by atoms with Gasteiger partial charge in [0, 0.05) is 13.1 Å². The maximum atomic E-state index is 13.0. The lowest BCUT2D eigenvalue weighted by molar-refractivity contribution is -0.121. The van der Waals surface area contributed by atoms with Gasteiger partial charge < -0.3 is 5.32 Å². The summed E-state index contributed by atoms with van der Waals surface area (Å²) in [6.45, 7) is 1.11. The van der Waals surface area contributed by atoms with E-state index in [0.29, 0.717) is 18.3 Å². The van der Waals surface area contributed by atoms with Gasteiger partial charge in [-0.15, -0.1) is 0 Å². The lowest BCUT2D eigenvalue weighted by Gasteiger charge is -2.32. The van der Waals surface area contributed by atoms with Gasteiger partial charge >= 0.3 is 0 Å². The molecule has 3 N–H and O–H groups in total. The van der Waals surface area contributed by atoms with E-state index >= 15 is 0 Å². The highest BCUT2D eigenvalue weighted by atomic mass is 32.2. The zero-order chi connectivity index (χ0) is 20.1. The van der Waals surface area contributed by atoms with Crippen molar-refractivity contribution in [3.8, 4) is 0 Å². The number of fused-ring (bicyclic) bond motifs is 1. The van der Waals surface area contributed by atoms with Gasteiger partial charge in [-0.1, -0.05) is 60.3 Å². The summed E-state index contributed by atoms with van der Waals surface area (Å²) < 4.78 is 0. The van der Waals surface area contributed by atoms with Crippen LogP contribution in [-0.2, 0) is 16.0 Å². The van der Waals surface area contributed by atoms with Crippen molar-refractivity contribution in [2.24, 2.45) is 10.9 Å². The van der Waals surface area contributed by atoms with Crippen LogP contribution < -0.4 is 21.1 Å². The van der Waals surface area contributed by atoms with E-state index < -0.39 is 0 Å². The molecule has 8 heteroatoms. The number of rotatable bonds is 6. The van der Waals surface area contributed by atoms with Gasteiger partial charge in [0.1, 0.15) is 6.17 Å². The molecule has 7 nitrogen and oxygen atoms in total. The van der Waals surface area contributed by atoms with Crippen LogP contribution in [-0.4, -0.2) is 42.0 Å². The minimum Gasteiger partial charge on any atom is -0.355 e. The van der Waals surface area contributed by atoms with Crippen LogP contribution >= 0.6 is 11.8 Å². The largest absolute Gasteiger partial charge is 0.355 e. The van der Waals surface area contributed by atoms with Crippen LogP contribution in [0.5, 0.6) is 0 Å². The number of amidine groups is 1. The number of hydrazine groups is 1. The van der Waals surface area contributed by atoms with Crippen LogP contribution in [0.4, 0.5) is 5.69 Å². The fourth-order valence-electron chi connectivity index (χ4n) is 3.36. The first-order chi connectivity index (χ1) is 14.2. The average molecular weight is 410 g/mol. The molecule has 0 bridgehead atoms. The molecule has 0 aromatic heterocycles. The smallest absolute Gasteiger partial charge is 0.241 e. The van der Waals surface area contributed by atoms with Crippen molar-refractivity contribution < 1.29 is 9.59 Å². The molecule has 1 fully saturated rings. The first kappa shape index (κ1) is 19.6. The molecule has 29 heavy (non-hydrogen) atoms. The number of aliphatic imine (C=N–C) groups is 1. The highest BCUT2D eigenvalue weighted by Crippen LogP contribution is 2.28. The van der Waals surface area contributed by atoms with Gasteiger partial charge in [-0.05, 0) is 24.1 Å². The molecule has 2 aliphatic heterocycles. The molecule has 4 rings (SSSR count). The van der Waals surface area contributed by atoms with E-state index in [0.717, 1.165) is 12.1 Å². The Hall–Kier alpha value is -2.68. The van der Waals surface area contributed by atoms with Crippen LogP contribution in [0.3, 0.4) is 0 Å². The van der Waals surface area contributed by atoms with Crippen molar-refractivity contribution in [3.63, 3.8) is 0 Å². The second-order valence-corrected chi connectivity index (χ2v) is 7.81. The number of para-hydroxylation sites is 1. The average Bonchev–Trinajstić information content (AvgIpc) is 3.23. The summed E-state index contributed by atoms with van der Waals surface area (Å²) in [5.74, 6) is -0.136. The highest BCUT2D eigenvalue weighted by molar-refractivity contribution is 8.14. The lowest BCUT2D eigenvalue weighted by Crippen LogP contribution is -2.49. The number of amides is 2. The van der Waals surface area contributed by atoms with E-state index in [1.165, 1.54) is 17.3 Å². The van der Waals surface area contributed by atoms with E-state index in [9.17, 15) is 9.59 Å². The van der Waals surface area contributed by atoms with E-state index in [2.05, 4.69) is 21.2 Å². The fraction of sp³-hybridized carbons (Fsp3) is 0.286. The Morgan fingerprint density at radius 3 is 2.62 bits per heavy atom. The monoisotopic (exact) mass is 409 g/mol. The number of nitrogens with zero attached hydrogens (tertiary/aromatic N) is 2. The molecule has 2 aromatic rings. The lowest BCUT2D eigenvalue weighted by atomic mass is 10.1. The second kappa shape index (κ2) is 9.21. The first-order valence-electron chi connectivity index (χ1n) is 9.61. The molecule has 2 unspecified atom stereocenters. The number of hydrogen-bond acceptors (Lipinski definition) is 6. The number of anilines is 1. The summed E-state index contributed by atoms with van der Waals surface area (Å²) in [5.41, 5.74) is 7.98. The summed E-state index contributed by atoms with van der Waals surface area (Å²) in [6, 6.07) is 19.5. The Balaban J connectivity index is 1.38. The van der Waals surface area contributed by atoms with Crippen LogP contribution in [0.15, 0.2) is 65.7 Å². The minimum absolute atomic E-state index is 0.0133. The van der Waals surface area contributed by atoms with Gasteiger partial charge in [0.15, 0.2) is 5.17 Å². The zero-order valence-corrected chi connectivity index (χ0v) is 16.7. The topological polar surface area (TPSA) is 85.8 Å². The maximum absolute atomic E-state index is 13.0. The van der Waals surface area contributed by atoms with Gasteiger partial charge in [-0.25, -0.2) is 10.4 Å². The Morgan fingerprint density at radius 1 is 1.14 bits per heavy atom. The van der Waals surface area contributed by atoms with Crippen molar-refractivity contribution in [2.45, 2.75) is 12.6 Å². The van der Waals surface area contributed by atoms with Crippen molar-refractivity contribution in [1.29, 1.82) is 0 Å². The summed E-state index contributed by atoms with van der Waals surface area (Å²) >= 11 is 1.28. The molecule has 0 spiro atoms. The quantitative estimate of drug-likeness (QED) is 0.674. The summed E-state index contributed by atoms with van der Waals surface area (Å²) in [7, 11) is 0. The third-order valence-corrected chi connectivity index (χ3v) is 5.81. The van der Waals surface area contributed by atoms with E-state index in [1.807, 2.05) is 60.7 Å². The predicted molar refractivity (Wildman–Crippen MR) is 115 cm³/mol. The molecular weight excluding hydrogens is 386 g/mol. The first-order valence-corrected chi connectivity index (χ1v) is 10.6. The Labute approximate surface area is 173 Å². The van der Waals surface area contributed by atoms with Crippen molar-refractivity contribution in [2.75, 3.05) is 23.7 Å². The van der Waals surface area contributed by atoms with Crippen molar-refractivity contribution in [3.05, 3.63) is 66.2 Å². The standard InChI is InChI=1S/C21H23N5O2S/c27-18(22-12-11-15-7-3-1-4-8-15)14-29-21-24-19-17(13-23-25-19)20(28)26(21)16-9-5-2-6-10-16/h1-10,17,19,23,25H,11-14H2,(H,22,27). The SMILES string of the molecule is O=C(CSC1=NC2NNCC2C(=O)N1c1ccccc1)NCCc1ccccc1. The molecule has 0 radical (unpaired) electrons. The number of thioether (sulfide) groups is 1. The van der Waals surface area contributed by atoms with Crippen LogP contribution in [0.2, 0.25) is 0 Å². The van der Waals surface area contributed by atoms with Crippen molar-refractivity contribution >= 4 is 34.4 Å². The van der Waals surface area contributed by atoms with Crippen molar-refractivity contribution in [1.82, 2.24) is 16.2 Å². The third-order valence-electron chi connectivity index (χ3n) is 4.86. The molecule has 1 saturated heterocycles. The predicted octanol–water partition coefficient (Wildman–Crippen LogP) is 1.53. The van der Waals surface area contributed by atoms with Crippen LogP contribution in [0, 0.1) is 5.92 Å². The number of benzene rings is 2. The molecule has 0 saturated carbocycles. The second-order valence-electron chi connectivity index (χ2n) is 6.87. The Bertz CT molecular complexity index is 890. The molecule has 2 aromatic carbocycles. The minimum atomic E-state index is -0.300. The third kappa shape index (κ3) is 4.67. The summed E-state index contributed by atoms with van der Waals surface area (Å²) in [5, 5.41) is 3.48. The fourth-order valence-corrected chi connectivity index (χ4v) is 4.23. The van der Waals surface area contributed by atoms with Gasteiger partial charge in [0.25, 0.3) is 0 Å². The maximum Gasteiger partial charge on any atom is 0.241 e. The van der Waals surface area contributed by atoms with Crippen LogP contribution in [0.25, 0.3) is 0 Å². The van der Waals surface area contributed by atoms with Crippen LogP contribution in [0.1, 0.15) is 5.56 Å². The molecule has 2 aliphatic rings. The summed E-state index contributed by atoms with van der Waals surface area (Å²) in [6.07, 6.45) is 0.484. The number of nitrogens with one attached hydrogen (secondary N) is 3. The highest BCUT2D eigenvalue weighted by Gasteiger charge is 2.42. The number of carbonyl (C=O) groups excluding carboxylic acids is 2.